The van der Waals surface area contributed by atoms with E-state index in [1.807, 2.05) is 66.9 Å². The van der Waals surface area contributed by atoms with Gasteiger partial charge >= 0.3 is 0 Å². The molecule has 3 heterocycles. The molecule has 0 saturated carbocycles. The minimum atomic E-state index is -0.183. The summed E-state index contributed by atoms with van der Waals surface area (Å²) in [5.41, 5.74) is 3.76. The van der Waals surface area contributed by atoms with Gasteiger partial charge in [0.15, 0.2) is 5.11 Å². The van der Waals surface area contributed by atoms with Crippen LogP contribution in [-0.2, 0) is 0 Å². The van der Waals surface area contributed by atoms with Crippen LogP contribution >= 0.6 is 12.2 Å². The number of thiocarbonyl (C=S) groups is 1. The van der Waals surface area contributed by atoms with E-state index in [1.54, 1.807) is 25.4 Å². The number of nitrogens with zero attached hydrogens (tertiary/aromatic N) is 3. The Balaban J connectivity index is 1.68. The van der Waals surface area contributed by atoms with Gasteiger partial charge in [0.05, 0.1) is 24.5 Å². The van der Waals surface area contributed by atoms with E-state index in [0.717, 1.165) is 28.5 Å². The third-order valence-electron chi connectivity index (χ3n) is 5.65. The van der Waals surface area contributed by atoms with Crippen molar-refractivity contribution < 1.29 is 9.84 Å². The molecule has 0 spiro atoms. The van der Waals surface area contributed by atoms with Crippen molar-refractivity contribution in [2.75, 3.05) is 12.0 Å². The largest absolute Gasteiger partial charge is 0.508 e. The van der Waals surface area contributed by atoms with Crippen LogP contribution in [0.3, 0.4) is 0 Å². The van der Waals surface area contributed by atoms with Crippen molar-refractivity contribution in [3.63, 3.8) is 0 Å². The van der Waals surface area contributed by atoms with Gasteiger partial charge < -0.3 is 24.6 Å². The van der Waals surface area contributed by atoms with E-state index in [9.17, 15) is 5.11 Å². The van der Waals surface area contributed by atoms with Crippen molar-refractivity contribution in [3.8, 4) is 17.2 Å². The van der Waals surface area contributed by atoms with E-state index in [0.29, 0.717) is 5.11 Å². The molecule has 0 amide bonds. The Labute approximate surface area is 191 Å². The van der Waals surface area contributed by atoms with Gasteiger partial charge in [-0.25, -0.2) is 0 Å². The van der Waals surface area contributed by atoms with Crippen LogP contribution < -0.4 is 15.0 Å². The van der Waals surface area contributed by atoms with Crippen molar-refractivity contribution in [1.29, 1.82) is 0 Å². The number of ether oxygens (including phenoxy) is 1. The zero-order chi connectivity index (χ0) is 22.1. The molecule has 32 heavy (non-hydrogen) atoms. The normalized spacial score (nSPS) is 17.9. The minimum Gasteiger partial charge on any atom is -0.508 e. The van der Waals surface area contributed by atoms with E-state index >= 15 is 0 Å². The number of methoxy groups -OCH3 is 1. The highest BCUT2D eigenvalue weighted by atomic mass is 32.1. The van der Waals surface area contributed by atoms with E-state index in [1.165, 1.54) is 0 Å². The highest BCUT2D eigenvalue weighted by Crippen LogP contribution is 2.44. The Morgan fingerprint density at radius 2 is 1.75 bits per heavy atom. The maximum atomic E-state index is 9.74. The molecule has 160 valence electrons. The molecule has 1 aliphatic rings. The first kappa shape index (κ1) is 20.1. The second-order valence-corrected chi connectivity index (χ2v) is 7.87. The fraction of sp³-hybridized carbons (Fsp3) is 0.120. The van der Waals surface area contributed by atoms with Crippen LogP contribution in [0.15, 0.2) is 91.3 Å². The number of hydrogen-bond acceptors (Lipinski definition) is 4. The molecule has 1 aliphatic heterocycles. The zero-order valence-corrected chi connectivity index (χ0v) is 18.2. The third-order valence-corrected chi connectivity index (χ3v) is 5.97. The standard InChI is InChI=1S/C25H22N4O2S/c1-31-22-10-3-2-8-20(22)29-24(23(27-25(29)32)19-7-4-5-15-26-19)21-9-6-16-28(21)17-11-13-18(30)14-12-17/h2-16,23-24,30H,1H3,(H,27,32). The topological polar surface area (TPSA) is 62.5 Å². The molecule has 2 aromatic heterocycles. The number of rotatable bonds is 5. The summed E-state index contributed by atoms with van der Waals surface area (Å²) in [5, 5.41) is 13.8. The van der Waals surface area contributed by atoms with Crippen LogP contribution in [0.25, 0.3) is 5.69 Å². The maximum Gasteiger partial charge on any atom is 0.174 e. The van der Waals surface area contributed by atoms with Crippen molar-refractivity contribution in [1.82, 2.24) is 14.9 Å². The Morgan fingerprint density at radius 3 is 2.50 bits per heavy atom. The van der Waals surface area contributed by atoms with Gasteiger partial charge in [0.1, 0.15) is 17.5 Å². The molecule has 2 unspecified atom stereocenters. The van der Waals surface area contributed by atoms with Gasteiger partial charge in [0.2, 0.25) is 0 Å². The van der Waals surface area contributed by atoms with Crippen LogP contribution in [0.4, 0.5) is 5.69 Å². The highest BCUT2D eigenvalue weighted by Gasteiger charge is 2.43. The molecule has 1 fully saturated rings. The van der Waals surface area contributed by atoms with Crippen LogP contribution in [0.5, 0.6) is 11.5 Å². The summed E-state index contributed by atoms with van der Waals surface area (Å²) < 4.78 is 7.77. The molecular weight excluding hydrogens is 420 g/mol. The first-order valence-corrected chi connectivity index (χ1v) is 10.7. The average Bonchev–Trinajstić information content (AvgIpc) is 3.44. The molecule has 0 radical (unpaired) electrons. The van der Waals surface area contributed by atoms with Gasteiger partial charge in [-0.3, -0.25) is 4.98 Å². The van der Waals surface area contributed by atoms with Crippen molar-refractivity contribution in [3.05, 3.63) is 103 Å². The van der Waals surface area contributed by atoms with Gasteiger partial charge in [0, 0.05) is 23.8 Å². The fourth-order valence-electron chi connectivity index (χ4n) is 4.23. The number of aromatic nitrogens is 2. The van der Waals surface area contributed by atoms with Gasteiger partial charge in [-0.15, -0.1) is 0 Å². The summed E-state index contributed by atoms with van der Waals surface area (Å²) in [7, 11) is 1.66. The number of para-hydroxylation sites is 2. The first-order chi connectivity index (χ1) is 15.7. The van der Waals surface area contributed by atoms with Gasteiger partial charge in [-0.05, 0) is 72.9 Å². The lowest BCUT2D eigenvalue weighted by Crippen LogP contribution is -2.30. The Bertz CT molecular complexity index is 1240. The first-order valence-electron chi connectivity index (χ1n) is 10.3. The number of benzene rings is 2. The van der Waals surface area contributed by atoms with Crippen LogP contribution in [-0.4, -0.2) is 26.9 Å². The smallest absolute Gasteiger partial charge is 0.174 e. The molecular formula is C25H22N4O2S. The lowest BCUT2D eigenvalue weighted by atomic mass is 10.0. The molecule has 5 rings (SSSR count). The number of aromatic hydroxyl groups is 1. The molecule has 2 aromatic carbocycles. The molecule has 1 saturated heterocycles. The SMILES string of the molecule is COc1ccccc1N1C(=S)NC(c2ccccn2)C1c1cccn1-c1ccc(O)cc1. The van der Waals surface area contributed by atoms with E-state index in [4.69, 9.17) is 17.0 Å². The predicted octanol–water partition coefficient (Wildman–Crippen LogP) is 4.76. The van der Waals surface area contributed by atoms with Crippen molar-refractivity contribution in [2.24, 2.45) is 0 Å². The highest BCUT2D eigenvalue weighted by molar-refractivity contribution is 7.80. The number of hydrogen-bond donors (Lipinski definition) is 2. The molecule has 2 atom stereocenters. The Morgan fingerprint density at radius 1 is 0.969 bits per heavy atom. The Kier molecular flexibility index (Phi) is 5.25. The summed E-state index contributed by atoms with van der Waals surface area (Å²) in [6, 6.07) is 24.7. The predicted molar refractivity (Wildman–Crippen MR) is 128 cm³/mol. The number of nitrogens with one attached hydrogen (secondary N) is 1. The zero-order valence-electron chi connectivity index (χ0n) is 17.4. The molecule has 0 aliphatic carbocycles. The quantitative estimate of drug-likeness (QED) is 0.435. The second kappa shape index (κ2) is 8.36. The molecule has 2 N–H and O–H groups in total. The summed E-state index contributed by atoms with van der Waals surface area (Å²) >= 11 is 5.82. The summed E-state index contributed by atoms with van der Waals surface area (Å²) in [4.78, 5) is 6.71. The fourth-order valence-corrected chi connectivity index (χ4v) is 4.57. The summed E-state index contributed by atoms with van der Waals surface area (Å²) in [6.07, 6.45) is 3.81. The van der Waals surface area contributed by atoms with Gasteiger partial charge in [-0.2, -0.15) is 0 Å². The molecule has 6 nitrogen and oxygen atoms in total. The van der Waals surface area contributed by atoms with Gasteiger partial charge in [0.25, 0.3) is 0 Å². The summed E-state index contributed by atoms with van der Waals surface area (Å²) in [6.45, 7) is 0. The molecule has 4 aromatic rings. The van der Waals surface area contributed by atoms with Crippen LogP contribution in [0.1, 0.15) is 23.5 Å². The third kappa shape index (κ3) is 3.46. The Hall–Kier alpha value is -3.84. The minimum absolute atomic E-state index is 0.167. The maximum absolute atomic E-state index is 9.74. The van der Waals surface area contributed by atoms with E-state index in [2.05, 4.69) is 25.8 Å². The number of anilines is 1. The monoisotopic (exact) mass is 442 g/mol. The number of phenols is 1. The second-order valence-electron chi connectivity index (χ2n) is 7.49. The van der Waals surface area contributed by atoms with Crippen molar-refractivity contribution >= 4 is 23.0 Å². The average molecular weight is 443 g/mol. The lowest BCUT2D eigenvalue weighted by Gasteiger charge is -2.30. The van der Waals surface area contributed by atoms with Gasteiger partial charge in [-0.1, -0.05) is 18.2 Å². The lowest BCUT2D eigenvalue weighted by molar-refractivity contribution is 0.414. The number of pyridine rings is 1. The number of phenolic OH excluding ortho intramolecular Hbond substituents is 1. The van der Waals surface area contributed by atoms with E-state index < -0.39 is 0 Å². The molecule has 7 heteroatoms. The van der Waals surface area contributed by atoms with Crippen molar-refractivity contribution in [2.45, 2.75) is 12.1 Å². The summed E-state index contributed by atoms with van der Waals surface area (Å²) in [5.74, 6) is 0.972. The van der Waals surface area contributed by atoms with Crippen LogP contribution in [0, 0.1) is 0 Å². The van der Waals surface area contributed by atoms with E-state index in [-0.39, 0.29) is 17.8 Å². The molecule has 0 bridgehead atoms. The van der Waals surface area contributed by atoms with Crippen LogP contribution in [0.2, 0.25) is 0 Å².